The van der Waals surface area contributed by atoms with Crippen molar-refractivity contribution in [2.75, 3.05) is 12.4 Å². The molecule has 0 aliphatic heterocycles. The number of fused-ring (bicyclic) bond motifs is 1. The zero-order valence-corrected chi connectivity index (χ0v) is 8.76. The van der Waals surface area contributed by atoms with Gasteiger partial charge in [-0.1, -0.05) is 12.1 Å². The van der Waals surface area contributed by atoms with Crippen LogP contribution in [0.1, 0.15) is 0 Å². The number of rotatable bonds is 1. The highest BCUT2D eigenvalue weighted by molar-refractivity contribution is 7.80. The fraction of sp³-hybridized carbons (Fsp3) is 0.222. The quantitative estimate of drug-likeness (QED) is 0.712. The maximum absolute atomic E-state index is 7.80. The van der Waals surface area contributed by atoms with Crippen LogP contribution >= 0.6 is 24.0 Å². The van der Waals surface area contributed by atoms with Crippen LogP contribution in [-0.2, 0) is 0 Å². The first-order chi connectivity index (χ1) is 6.38. The zero-order chi connectivity index (χ0) is 9.52. The lowest BCUT2D eigenvalue weighted by Crippen LogP contribution is -1.76. The first-order valence-electron chi connectivity index (χ1n) is 3.88. The molecule has 1 heterocycles. The van der Waals surface area contributed by atoms with Gasteiger partial charge in [0.2, 0.25) is 0 Å². The second kappa shape index (κ2) is 5.96. The molecule has 2 nitrogen and oxygen atoms in total. The molecule has 0 saturated heterocycles. The van der Waals surface area contributed by atoms with E-state index < -0.39 is 0 Å². The van der Waals surface area contributed by atoms with Crippen molar-refractivity contribution in [2.24, 2.45) is 0 Å². The molecule has 1 aromatic carbocycles. The number of nitrogens with zero attached hydrogens (tertiary/aromatic N) is 1. The Balaban J connectivity index is 0.000000184. The zero-order valence-electron chi connectivity index (χ0n) is 7.05. The number of benzene rings is 1. The molecular weight excluding hydrogens is 202 g/mol. The molecule has 0 aliphatic rings. The van der Waals surface area contributed by atoms with E-state index in [2.05, 4.69) is 23.7 Å². The molecule has 0 fully saturated rings. The number of aromatic nitrogens is 1. The lowest BCUT2D eigenvalue weighted by atomic mass is 10.3. The third-order valence-corrected chi connectivity index (χ3v) is 2.35. The van der Waals surface area contributed by atoms with Crippen LogP contribution in [0.4, 0.5) is 0 Å². The van der Waals surface area contributed by atoms with E-state index in [0.29, 0.717) is 5.75 Å². The summed E-state index contributed by atoms with van der Waals surface area (Å²) in [6.45, 7) is 0.184. The summed E-state index contributed by atoms with van der Waals surface area (Å²) in [5.41, 5.74) is 2.97. The summed E-state index contributed by atoms with van der Waals surface area (Å²) in [6, 6.07) is 8.13. The summed E-state index contributed by atoms with van der Waals surface area (Å²) in [7, 11) is 0. The summed E-state index contributed by atoms with van der Waals surface area (Å²) in [6.07, 6.45) is 0. The third-order valence-electron chi connectivity index (χ3n) is 1.34. The molecule has 0 radical (unpaired) electrons. The third kappa shape index (κ3) is 3.34. The van der Waals surface area contributed by atoms with Crippen LogP contribution in [0, 0.1) is 0 Å². The summed E-state index contributed by atoms with van der Waals surface area (Å²) in [5, 5.41) is 7.80. The molecule has 70 valence electrons. The van der Waals surface area contributed by atoms with Gasteiger partial charge in [-0.2, -0.15) is 12.6 Å². The fourth-order valence-corrected chi connectivity index (χ4v) is 1.48. The highest BCUT2D eigenvalue weighted by Crippen LogP contribution is 2.15. The number of aliphatic hydroxyl groups excluding tert-OH is 1. The minimum Gasteiger partial charge on any atom is -0.396 e. The summed E-state index contributed by atoms with van der Waals surface area (Å²) in [4.78, 5) is 4.14. The normalized spacial score (nSPS) is 9.38. The van der Waals surface area contributed by atoms with Gasteiger partial charge in [0.1, 0.15) is 0 Å². The van der Waals surface area contributed by atoms with Gasteiger partial charge in [0.15, 0.2) is 0 Å². The molecular formula is C9H11NOS2. The van der Waals surface area contributed by atoms with Crippen LogP contribution in [0.25, 0.3) is 10.2 Å². The van der Waals surface area contributed by atoms with Gasteiger partial charge in [-0.25, -0.2) is 4.98 Å². The van der Waals surface area contributed by atoms with Crippen molar-refractivity contribution in [2.45, 2.75) is 0 Å². The van der Waals surface area contributed by atoms with Crippen molar-refractivity contribution in [3.8, 4) is 0 Å². The van der Waals surface area contributed by atoms with Gasteiger partial charge < -0.3 is 5.11 Å². The Morgan fingerprint density at radius 3 is 2.69 bits per heavy atom. The minimum atomic E-state index is 0.184. The van der Waals surface area contributed by atoms with Crippen LogP contribution in [0.3, 0.4) is 0 Å². The van der Waals surface area contributed by atoms with E-state index in [1.54, 1.807) is 11.3 Å². The van der Waals surface area contributed by atoms with E-state index in [9.17, 15) is 0 Å². The summed E-state index contributed by atoms with van der Waals surface area (Å²) < 4.78 is 1.26. The first kappa shape index (κ1) is 10.5. The van der Waals surface area contributed by atoms with Crippen molar-refractivity contribution >= 4 is 34.2 Å². The number of thiazole rings is 1. The number of aliphatic hydroxyl groups is 1. The Kier molecular flexibility index (Phi) is 4.82. The van der Waals surface area contributed by atoms with Gasteiger partial charge in [0.05, 0.1) is 22.3 Å². The fourth-order valence-electron chi connectivity index (χ4n) is 0.803. The molecule has 0 amide bonds. The Morgan fingerprint density at radius 1 is 1.38 bits per heavy atom. The smallest absolute Gasteiger partial charge is 0.0812 e. The Bertz CT molecular complexity index is 316. The summed E-state index contributed by atoms with van der Waals surface area (Å²) in [5.74, 6) is 0.569. The monoisotopic (exact) mass is 213 g/mol. The Labute approximate surface area is 86.7 Å². The van der Waals surface area contributed by atoms with Crippen LogP contribution in [-0.4, -0.2) is 22.5 Å². The van der Waals surface area contributed by atoms with Gasteiger partial charge >= 0.3 is 0 Å². The molecule has 4 heteroatoms. The van der Waals surface area contributed by atoms with Crippen molar-refractivity contribution in [3.05, 3.63) is 29.8 Å². The minimum absolute atomic E-state index is 0.184. The Hall–Kier alpha value is -0.580. The van der Waals surface area contributed by atoms with E-state index in [4.69, 9.17) is 5.11 Å². The molecule has 0 spiro atoms. The predicted octanol–water partition coefficient (Wildman–Crippen LogP) is 2.20. The van der Waals surface area contributed by atoms with Gasteiger partial charge in [0.25, 0.3) is 0 Å². The molecule has 2 rings (SSSR count). The molecule has 13 heavy (non-hydrogen) atoms. The van der Waals surface area contributed by atoms with Gasteiger partial charge in [-0.15, -0.1) is 11.3 Å². The van der Waals surface area contributed by atoms with E-state index in [1.165, 1.54) is 4.70 Å². The van der Waals surface area contributed by atoms with Gasteiger partial charge in [-0.05, 0) is 12.1 Å². The average Bonchev–Trinajstić information content (AvgIpc) is 2.66. The number of thiol groups is 1. The van der Waals surface area contributed by atoms with E-state index in [1.807, 2.05) is 23.7 Å². The molecule has 0 saturated carbocycles. The largest absolute Gasteiger partial charge is 0.396 e. The Morgan fingerprint density at radius 2 is 2.08 bits per heavy atom. The second-order valence-electron chi connectivity index (χ2n) is 2.27. The van der Waals surface area contributed by atoms with E-state index in [-0.39, 0.29) is 6.61 Å². The number of hydrogen-bond donors (Lipinski definition) is 2. The molecule has 0 atom stereocenters. The van der Waals surface area contributed by atoms with Crippen LogP contribution < -0.4 is 0 Å². The molecule has 2 aromatic rings. The molecule has 0 bridgehead atoms. The summed E-state index contributed by atoms with van der Waals surface area (Å²) >= 11 is 5.35. The molecule has 0 aliphatic carbocycles. The highest BCUT2D eigenvalue weighted by Gasteiger charge is 1.89. The van der Waals surface area contributed by atoms with Crippen LogP contribution in [0.5, 0.6) is 0 Å². The van der Waals surface area contributed by atoms with Gasteiger partial charge in [-0.3, -0.25) is 0 Å². The molecule has 1 N–H and O–H groups in total. The number of hydrogen-bond acceptors (Lipinski definition) is 4. The second-order valence-corrected chi connectivity index (χ2v) is 3.60. The first-order valence-corrected chi connectivity index (χ1v) is 5.39. The van der Waals surface area contributed by atoms with Crippen molar-refractivity contribution < 1.29 is 5.11 Å². The molecule has 0 unspecified atom stereocenters. The predicted molar refractivity (Wildman–Crippen MR) is 60.6 cm³/mol. The topological polar surface area (TPSA) is 33.1 Å². The maximum atomic E-state index is 7.80. The van der Waals surface area contributed by atoms with E-state index >= 15 is 0 Å². The SMILES string of the molecule is OCCS.c1ccc2scnc2c1. The van der Waals surface area contributed by atoms with Crippen molar-refractivity contribution in [1.29, 1.82) is 0 Å². The van der Waals surface area contributed by atoms with Gasteiger partial charge in [0, 0.05) is 5.75 Å². The average molecular weight is 213 g/mol. The lowest BCUT2D eigenvalue weighted by molar-refractivity contribution is 0.323. The lowest BCUT2D eigenvalue weighted by Gasteiger charge is -1.80. The maximum Gasteiger partial charge on any atom is 0.0812 e. The van der Waals surface area contributed by atoms with Crippen LogP contribution in [0.15, 0.2) is 29.8 Å². The van der Waals surface area contributed by atoms with Crippen molar-refractivity contribution in [1.82, 2.24) is 4.98 Å². The van der Waals surface area contributed by atoms with Crippen molar-refractivity contribution in [3.63, 3.8) is 0 Å². The molecule has 1 aromatic heterocycles. The van der Waals surface area contributed by atoms with Crippen LogP contribution in [0.2, 0.25) is 0 Å². The number of para-hydroxylation sites is 1. The highest BCUT2D eigenvalue weighted by atomic mass is 32.1. The van der Waals surface area contributed by atoms with E-state index in [0.717, 1.165) is 5.52 Å². The standard InChI is InChI=1S/C7H5NS.C2H6OS/c1-2-4-7-6(3-1)8-5-9-7;3-1-2-4/h1-5H;3-4H,1-2H2.